The number of nitrogens with zero attached hydrogens (tertiary/aromatic N) is 6. The van der Waals surface area contributed by atoms with E-state index in [1.807, 2.05) is 31.2 Å². The van der Waals surface area contributed by atoms with Gasteiger partial charge in [-0.2, -0.15) is 10.4 Å². The normalized spacial score (nSPS) is 12.5. The number of thiophene rings is 1. The predicted molar refractivity (Wildman–Crippen MR) is 188 cm³/mol. The van der Waals surface area contributed by atoms with Crippen molar-refractivity contribution in [1.29, 1.82) is 5.26 Å². The second kappa shape index (κ2) is 12.9. The molecule has 8 nitrogen and oxygen atoms in total. The minimum Gasteiger partial charge on any atom is -0.247 e. The second-order valence-corrected chi connectivity index (χ2v) is 15.3. The van der Waals surface area contributed by atoms with E-state index in [4.69, 9.17) is 10.1 Å². The summed E-state index contributed by atoms with van der Waals surface area (Å²) in [5, 5.41) is 16.1. The average Bonchev–Trinajstić information content (AvgIpc) is 3.60. The highest BCUT2D eigenvalue weighted by Crippen LogP contribution is 2.49. The molecule has 11 heteroatoms. The number of aryl methyl sites for hydroxylation is 2. The molecule has 0 amide bonds. The van der Waals surface area contributed by atoms with Crippen LogP contribution in [0.15, 0.2) is 66.1 Å². The van der Waals surface area contributed by atoms with Crippen LogP contribution < -0.4 is 0 Å². The van der Waals surface area contributed by atoms with Gasteiger partial charge in [0.05, 0.1) is 20.8 Å². The molecule has 0 spiro atoms. The van der Waals surface area contributed by atoms with Gasteiger partial charge in [0.1, 0.15) is 24.4 Å². The van der Waals surface area contributed by atoms with Crippen LogP contribution in [0.25, 0.3) is 48.4 Å². The van der Waals surface area contributed by atoms with E-state index in [1.54, 1.807) is 56.0 Å². The van der Waals surface area contributed by atoms with Crippen molar-refractivity contribution < 1.29 is 12.8 Å². The first-order chi connectivity index (χ1) is 22.2. The molecule has 0 bridgehead atoms. The van der Waals surface area contributed by atoms with Crippen LogP contribution in [-0.2, 0) is 15.3 Å². The van der Waals surface area contributed by atoms with E-state index < -0.39 is 21.4 Å². The summed E-state index contributed by atoms with van der Waals surface area (Å²) in [6, 6.07) is 15.1. The molecule has 6 aromatic rings. The Hall–Kier alpha value is -4.53. The van der Waals surface area contributed by atoms with Crippen molar-refractivity contribution >= 4 is 41.3 Å². The summed E-state index contributed by atoms with van der Waals surface area (Å²) in [6.45, 7) is 12.9. The number of sulfone groups is 1. The van der Waals surface area contributed by atoms with E-state index in [2.05, 4.69) is 29.9 Å². The number of benzene rings is 3. The molecule has 0 N–H and O–H groups in total. The molecule has 0 fully saturated rings. The quantitative estimate of drug-likeness (QED) is 0.174. The van der Waals surface area contributed by atoms with E-state index in [0.29, 0.717) is 38.3 Å². The van der Waals surface area contributed by atoms with Gasteiger partial charge in [-0.25, -0.2) is 32.4 Å². The van der Waals surface area contributed by atoms with Gasteiger partial charge in [-0.3, -0.25) is 0 Å². The van der Waals surface area contributed by atoms with Crippen molar-refractivity contribution in [3.8, 4) is 34.3 Å². The predicted octanol–water partition coefficient (Wildman–Crippen LogP) is 8.70. The molecule has 0 aliphatic rings. The van der Waals surface area contributed by atoms with E-state index in [9.17, 15) is 13.7 Å². The number of hydrogen-bond acceptors (Lipinski definition) is 8. The number of nitriles is 1. The summed E-state index contributed by atoms with van der Waals surface area (Å²) in [4.78, 5) is 13.1. The Morgan fingerprint density at radius 3 is 2.36 bits per heavy atom. The molecule has 3 aromatic heterocycles. The standard InChI is InChI=1S/C33H29FN6O2S2.C3H8/c1-18-10-11-21(23-15-36-17-37-16-23)12-25(18)40-32(38-20(3)39-40)29-27(44(6,41)42)13-26-28(30(29)33(4,5)19(2)34)24-9-7-8-22(14-35)31(24)43-26;1-3-2/h7-13,15-17,19H,1-6H3;3H2,1-2H3/t19-;/m1./s1. The van der Waals surface area contributed by atoms with E-state index in [-0.39, 0.29) is 10.7 Å². The lowest BCUT2D eigenvalue weighted by molar-refractivity contribution is 0.238. The minimum absolute atomic E-state index is 0.0257. The van der Waals surface area contributed by atoms with Crippen molar-refractivity contribution in [2.24, 2.45) is 0 Å². The number of rotatable bonds is 6. The number of alkyl halides is 1. The van der Waals surface area contributed by atoms with Crippen molar-refractivity contribution in [3.63, 3.8) is 0 Å². The van der Waals surface area contributed by atoms with Crippen molar-refractivity contribution in [3.05, 3.63) is 83.7 Å². The SMILES string of the molecule is CCC.Cc1nc(-c2c(S(C)(=O)=O)cc3sc4c(C#N)cccc4c3c2C(C)(C)[C@@H](C)F)n(-c2cc(-c3cncnc3)ccc2C)n1. The largest absolute Gasteiger partial charge is 0.247 e. The van der Waals surface area contributed by atoms with Crippen molar-refractivity contribution in [1.82, 2.24) is 24.7 Å². The van der Waals surface area contributed by atoms with Crippen LogP contribution in [0.5, 0.6) is 0 Å². The fraction of sp³-hybridized carbons (Fsp3) is 0.306. The molecular weight excluding hydrogens is 632 g/mol. The molecule has 242 valence electrons. The molecular formula is C36H37FN6O2S2. The van der Waals surface area contributed by atoms with E-state index >= 15 is 4.39 Å². The maximum atomic E-state index is 15.7. The van der Waals surface area contributed by atoms with Gasteiger partial charge in [-0.15, -0.1) is 11.3 Å². The summed E-state index contributed by atoms with van der Waals surface area (Å²) >= 11 is 1.33. The van der Waals surface area contributed by atoms with Gasteiger partial charge in [0, 0.05) is 50.7 Å². The van der Waals surface area contributed by atoms with E-state index in [0.717, 1.165) is 33.0 Å². The Kier molecular flexibility index (Phi) is 9.31. The molecule has 3 heterocycles. The Morgan fingerprint density at radius 1 is 1.06 bits per heavy atom. The van der Waals surface area contributed by atoms with Gasteiger partial charge in [0.2, 0.25) is 0 Å². The number of fused-ring (bicyclic) bond motifs is 3. The molecule has 3 aromatic carbocycles. The topological polar surface area (TPSA) is 114 Å². The lowest BCUT2D eigenvalue weighted by Crippen LogP contribution is -2.30. The second-order valence-electron chi connectivity index (χ2n) is 12.2. The molecule has 0 radical (unpaired) electrons. The maximum absolute atomic E-state index is 15.7. The average molecular weight is 669 g/mol. The highest BCUT2D eigenvalue weighted by atomic mass is 32.2. The monoisotopic (exact) mass is 668 g/mol. The molecule has 0 aliphatic heterocycles. The number of hydrogen-bond donors (Lipinski definition) is 0. The van der Waals surface area contributed by atoms with Gasteiger partial charge in [-0.05, 0) is 55.7 Å². The van der Waals surface area contributed by atoms with Crippen LogP contribution in [0.1, 0.15) is 63.6 Å². The smallest absolute Gasteiger partial charge is 0.176 e. The molecule has 6 rings (SSSR count). The minimum atomic E-state index is -3.86. The fourth-order valence-corrected chi connectivity index (χ4v) is 7.78. The van der Waals surface area contributed by atoms with Gasteiger partial charge in [0.25, 0.3) is 0 Å². The molecule has 0 unspecified atom stereocenters. The van der Waals surface area contributed by atoms with Crippen molar-refractivity contribution in [2.75, 3.05) is 6.26 Å². The lowest BCUT2D eigenvalue weighted by Gasteiger charge is -2.31. The zero-order chi connectivity index (χ0) is 34.3. The van der Waals surface area contributed by atoms with Crippen molar-refractivity contribution in [2.45, 2.75) is 71.4 Å². The Morgan fingerprint density at radius 2 is 1.74 bits per heavy atom. The van der Waals surface area contributed by atoms with Crippen LogP contribution in [0, 0.1) is 25.2 Å². The molecule has 1 atom stereocenters. The molecule has 0 saturated heterocycles. The number of halogens is 1. The molecule has 0 aliphatic carbocycles. The third-order valence-corrected chi connectivity index (χ3v) is 10.5. The maximum Gasteiger partial charge on any atom is 0.176 e. The van der Waals surface area contributed by atoms with Gasteiger partial charge in [-0.1, -0.05) is 58.4 Å². The third kappa shape index (κ3) is 6.15. The molecule has 47 heavy (non-hydrogen) atoms. The van der Waals surface area contributed by atoms with Crippen LogP contribution in [0.3, 0.4) is 0 Å². The zero-order valence-electron chi connectivity index (χ0n) is 27.8. The highest BCUT2D eigenvalue weighted by Gasteiger charge is 2.38. The Bertz CT molecular complexity index is 2270. The highest BCUT2D eigenvalue weighted by molar-refractivity contribution is 7.90. The lowest BCUT2D eigenvalue weighted by atomic mass is 9.76. The first kappa shape index (κ1) is 33.8. The Balaban J connectivity index is 0.00000139. The first-order valence-corrected chi connectivity index (χ1v) is 18.0. The van der Waals surface area contributed by atoms with Crippen LogP contribution in [0.2, 0.25) is 0 Å². The van der Waals surface area contributed by atoms with Crippen LogP contribution >= 0.6 is 11.3 Å². The van der Waals surface area contributed by atoms with E-state index in [1.165, 1.54) is 31.0 Å². The van der Waals surface area contributed by atoms with Crippen LogP contribution in [-0.4, -0.2) is 45.6 Å². The summed E-state index contributed by atoms with van der Waals surface area (Å²) < 4.78 is 46.0. The summed E-state index contributed by atoms with van der Waals surface area (Å²) in [6.07, 6.45) is 5.92. The van der Waals surface area contributed by atoms with Gasteiger partial charge < -0.3 is 0 Å². The zero-order valence-corrected chi connectivity index (χ0v) is 29.4. The number of aromatic nitrogens is 5. The summed E-state index contributed by atoms with van der Waals surface area (Å²) in [7, 11) is -3.86. The summed E-state index contributed by atoms with van der Waals surface area (Å²) in [5.41, 5.74) is 3.31. The van der Waals surface area contributed by atoms with Gasteiger partial charge >= 0.3 is 0 Å². The Labute approximate surface area is 278 Å². The molecule has 0 saturated carbocycles. The van der Waals surface area contributed by atoms with Crippen LogP contribution in [0.4, 0.5) is 4.39 Å². The fourth-order valence-electron chi connectivity index (χ4n) is 5.59. The van der Waals surface area contributed by atoms with Gasteiger partial charge in [0.15, 0.2) is 15.7 Å². The first-order valence-electron chi connectivity index (χ1n) is 15.3. The third-order valence-electron chi connectivity index (χ3n) is 8.18. The summed E-state index contributed by atoms with van der Waals surface area (Å²) in [5.74, 6) is 0.709.